The summed E-state index contributed by atoms with van der Waals surface area (Å²) in [5, 5.41) is 3.30. The van der Waals surface area contributed by atoms with E-state index in [1.165, 1.54) is 23.7 Å². The van der Waals surface area contributed by atoms with Crippen LogP contribution >= 0.6 is 11.8 Å². The minimum atomic E-state index is -0.569. The molecule has 4 nitrogen and oxygen atoms in total. The maximum atomic E-state index is 13.8. The number of nitrogens with zero attached hydrogens (tertiary/aromatic N) is 1. The Morgan fingerprint density at radius 2 is 1.47 bits per heavy atom. The number of aryl methyl sites for hydroxylation is 1. The molecule has 1 N–H and O–H groups in total. The number of hydrogen-bond donors (Lipinski definition) is 1. The van der Waals surface area contributed by atoms with Crippen molar-refractivity contribution in [3.05, 3.63) is 102 Å². The monoisotopic (exact) mass is 500 g/mol. The molecule has 0 bridgehead atoms. The Bertz CT molecular complexity index is 1100. The first-order chi connectivity index (χ1) is 17.6. The topological polar surface area (TPSA) is 49.4 Å². The van der Waals surface area contributed by atoms with Crippen LogP contribution < -0.4 is 5.32 Å². The van der Waals surface area contributed by atoms with Crippen LogP contribution in [-0.4, -0.2) is 34.6 Å². The molecule has 0 spiro atoms. The maximum Gasteiger partial charge on any atom is 0.243 e. The highest BCUT2D eigenvalue weighted by atomic mass is 32.2. The van der Waals surface area contributed by atoms with E-state index < -0.39 is 6.04 Å². The number of amides is 2. The minimum absolute atomic E-state index is 0.0239. The van der Waals surface area contributed by atoms with Crippen molar-refractivity contribution in [2.45, 2.75) is 69.0 Å². The second-order valence-corrected chi connectivity index (χ2v) is 10.7. The number of thioether (sulfide) groups is 1. The van der Waals surface area contributed by atoms with Crippen LogP contribution in [0.1, 0.15) is 48.8 Å². The molecule has 0 saturated heterocycles. The fourth-order valence-corrected chi connectivity index (χ4v) is 5.53. The second-order valence-electron chi connectivity index (χ2n) is 9.66. The molecule has 2 amide bonds. The smallest absolute Gasteiger partial charge is 0.243 e. The van der Waals surface area contributed by atoms with E-state index in [0.29, 0.717) is 13.0 Å². The molecular weight excluding hydrogens is 464 g/mol. The van der Waals surface area contributed by atoms with Gasteiger partial charge in [0.1, 0.15) is 6.04 Å². The van der Waals surface area contributed by atoms with Gasteiger partial charge in [-0.15, -0.1) is 11.8 Å². The van der Waals surface area contributed by atoms with Gasteiger partial charge in [0.05, 0.1) is 5.75 Å². The van der Waals surface area contributed by atoms with E-state index >= 15 is 0 Å². The third-order valence-electron chi connectivity index (χ3n) is 6.80. The van der Waals surface area contributed by atoms with E-state index in [2.05, 4.69) is 24.4 Å². The van der Waals surface area contributed by atoms with Gasteiger partial charge in [0, 0.05) is 23.9 Å². The number of carbonyl (C=O) groups is 2. The molecule has 3 aromatic rings. The molecule has 0 aromatic heterocycles. The first kappa shape index (κ1) is 26.0. The minimum Gasteiger partial charge on any atom is -0.352 e. The van der Waals surface area contributed by atoms with Crippen LogP contribution in [0.5, 0.6) is 0 Å². The molecule has 3 aromatic carbocycles. The molecule has 5 heteroatoms. The van der Waals surface area contributed by atoms with Crippen LogP contribution in [0, 0.1) is 6.92 Å². The van der Waals surface area contributed by atoms with E-state index in [4.69, 9.17) is 0 Å². The number of hydrogen-bond acceptors (Lipinski definition) is 3. The van der Waals surface area contributed by atoms with Crippen molar-refractivity contribution in [1.29, 1.82) is 0 Å². The molecule has 36 heavy (non-hydrogen) atoms. The zero-order valence-corrected chi connectivity index (χ0v) is 21.9. The fraction of sp³-hybridized carbons (Fsp3) is 0.355. The predicted octanol–water partition coefficient (Wildman–Crippen LogP) is 6.18. The van der Waals surface area contributed by atoms with Crippen LogP contribution in [0.25, 0.3) is 0 Å². The van der Waals surface area contributed by atoms with Gasteiger partial charge in [-0.25, -0.2) is 0 Å². The Labute approximate surface area is 219 Å². The highest BCUT2D eigenvalue weighted by Crippen LogP contribution is 2.23. The summed E-state index contributed by atoms with van der Waals surface area (Å²) in [7, 11) is 0. The standard InChI is InChI=1S/C31H36N2O2S/c1-24-17-19-28(20-18-24)36-23-30(34)33(22-26-13-7-3-8-14-26)29(21-25-11-5-2-6-12-25)31(35)32-27-15-9-4-10-16-27/h2-3,5-8,11-14,17-20,27,29H,4,9-10,15-16,21-23H2,1H3,(H,32,35)/t29-/m0/s1. The van der Waals surface area contributed by atoms with Crippen LogP contribution in [0.15, 0.2) is 89.8 Å². The molecule has 0 unspecified atom stereocenters. The van der Waals surface area contributed by atoms with Crippen LogP contribution in [0.3, 0.4) is 0 Å². The molecular formula is C31H36N2O2S. The number of benzene rings is 3. The van der Waals surface area contributed by atoms with Gasteiger partial charge in [-0.2, -0.15) is 0 Å². The van der Waals surface area contributed by atoms with E-state index in [-0.39, 0.29) is 23.6 Å². The highest BCUT2D eigenvalue weighted by Gasteiger charge is 2.31. The normalized spacial score (nSPS) is 14.7. The molecule has 1 fully saturated rings. The average Bonchev–Trinajstić information content (AvgIpc) is 2.92. The SMILES string of the molecule is Cc1ccc(SCC(=O)N(Cc2ccccc2)[C@@H](Cc2ccccc2)C(=O)NC2CCCCC2)cc1. The Morgan fingerprint density at radius 1 is 0.861 bits per heavy atom. The van der Waals surface area contributed by atoms with Crippen molar-refractivity contribution in [2.24, 2.45) is 0 Å². The second kappa shape index (κ2) is 13.3. The molecule has 0 aliphatic heterocycles. The fourth-order valence-electron chi connectivity index (χ4n) is 4.74. The lowest BCUT2D eigenvalue weighted by Gasteiger charge is -2.33. The zero-order chi connectivity index (χ0) is 25.2. The van der Waals surface area contributed by atoms with Crippen molar-refractivity contribution in [1.82, 2.24) is 10.2 Å². The van der Waals surface area contributed by atoms with Crippen LogP contribution in [0.2, 0.25) is 0 Å². The van der Waals surface area contributed by atoms with Crippen molar-refractivity contribution in [2.75, 3.05) is 5.75 Å². The molecule has 1 aliphatic carbocycles. The predicted molar refractivity (Wildman–Crippen MR) is 148 cm³/mol. The van der Waals surface area contributed by atoms with Gasteiger partial charge in [0.15, 0.2) is 0 Å². The van der Waals surface area contributed by atoms with E-state index in [1.807, 2.05) is 72.8 Å². The van der Waals surface area contributed by atoms with Crippen molar-refractivity contribution < 1.29 is 9.59 Å². The number of carbonyl (C=O) groups excluding carboxylic acids is 2. The maximum absolute atomic E-state index is 13.8. The summed E-state index contributed by atoms with van der Waals surface area (Å²) < 4.78 is 0. The summed E-state index contributed by atoms with van der Waals surface area (Å²) in [6.07, 6.45) is 6.05. The molecule has 1 saturated carbocycles. The van der Waals surface area contributed by atoms with E-state index in [0.717, 1.165) is 41.7 Å². The van der Waals surface area contributed by atoms with Gasteiger partial charge >= 0.3 is 0 Å². The summed E-state index contributed by atoms with van der Waals surface area (Å²) >= 11 is 1.52. The van der Waals surface area contributed by atoms with Gasteiger partial charge in [-0.05, 0) is 43.0 Å². The number of rotatable bonds is 10. The Morgan fingerprint density at radius 3 is 2.11 bits per heavy atom. The molecule has 1 atom stereocenters. The Kier molecular flexibility index (Phi) is 9.62. The molecule has 188 valence electrons. The molecule has 0 heterocycles. The summed E-state index contributed by atoms with van der Waals surface area (Å²) in [5.74, 6) is 0.220. The summed E-state index contributed by atoms with van der Waals surface area (Å²) in [4.78, 5) is 30.3. The summed E-state index contributed by atoms with van der Waals surface area (Å²) in [5.41, 5.74) is 3.27. The lowest BCUT2D eigenvalue weighted by atomic mass is 9.94. The molecule has 1 aliphatic rings. The average molecular weight is 501 g/mol. The number of nitrogens with one attached hydrogen (secondary N) is 1. The van der Waals surface area contributed by atoms with Crippen LogP contribution in [0.4, 0.5) is 0 Å². The Hall–Kier alpha value is -3.05. The summed E-state index contributed by atoms with van der Waals surface area (Å²) in [6, 6.07) is 27.8. The zero-order valence-electron chi connectivity index (χ0n) is 21.1. The van der Waals surface area contributed by atoms with Gasteiger partial charge < -0.3 is 10.2 Å². The molecule has 0 radical (unpaired) electrons. The van der Waals surface area contributed by atoms with E-state index in [9.17, 15) is 9.59 Å². The van der Waals surface area contributed by atoms with Crippen molar-refractivity contribution in [3.63, 3.8) is 0 Å². The lowest BCUT2D eigenvalue weighted by Crippen LogP contribution is -2.53. The summed E-state index contributed by atoms with van der Waals surface area (Å²) in [6.45, 7) is 2.46. The lowest BCUT2D eigenvalue weighted by molar-refractivity contribution is -0.139. The van der Waals surface area contributed by atoms with Gasteiger partial charge in [0.2, 0.25) is 11.8 Å². The van der Waals surface area contributed by atoms with Gasteiger partial charge in [-0.1, -0.05) is 97.6 Å². The van der Waals surface area contributed by atoms with Crippen molar-refractivity contribution >= 4 is 23.6 Å². The first-order valence-corrected chi connectivity index (χ1v) is 13.9. The Balaban J connectivity index is 1.58. The quantitative estimate of drug-likeness (QED) is 0.338. The van der Waals surface area contributed by atoms with E-state index in [1.54, 1.807) is 4.90 Å². The highest BCUT2D eigenvalue weighted by molar-refractivity contribution is 8.00. The van der Waals surface area contributed by atoms with Crippen LogP contribution in [-0.2, 0) is 22.6 Å². The molecule has 4 rings (SSSR count). The van der Waals surface area contributed by atoms with Gasteiger partial charge in [0.25, 0.3) is 0 Å². The van der Waals surface area contributed by atoms with Crippen molar-refractivity contribution in [3.8, 4) is 0 Å². The third-order valence-corrected chi connectivity index (χ3v) is 7.80. The van der Waals surface area contributed by atoms with Gasteiger partial charge in [-0.3, -0.25) is 9.59 Å². The largest absolute Gasteiger partial charge is 0.352 e. The first-order valence-electron chi connectivity index (χ1n) is 13.0. The third kappa shape index (κ3) is 7.72.